The Morgan fingerprint density at radius 2 is 1.67 bits per heavy atom. The zero-order valence-corrected chi connectivity index (χ0v) is 14.8. The Morgan fingerprint density at radius 3 is 2.33 bits per heavy atom. The molecule has 0 aromatic heterocycles. The molecule has 1 unspecified atom stereocenters. The van der Waals surface area contributed by atoms with Crippen molar-refractivity contribution in [2.75, 3.05) is 39.3 Å². The maximum atomic E-state index is 12.3. The molecule has 6 nitrogen and oxygen atoms in total. The first kappa shape index (κ1) is 17.5. The normalized spacial score (nSPS) is 25.8. The number of hydrogen-bond donors (Lipinski definition) is 2. The van der Waals surface area contributed by atoms with E-state index in [4.69, 9.17) is 0 Å². The van der Waals surface area contributed by atoms with E-state index in [1.165, 1.54) is 25.7 Å². The Labute approximate surface area is 145 Å². The fourth-order valence-electron chi connectivity index (χ4n) is 4.12. The summed E-state index contributed by atoms with van der Waals surface area (Å²) in [5, 5.41) is 6.52. The molecule has 0 bridgehead atoms. The predicted molar refractivity (Wildman–Crippen MR) is 93.8 cm³/mol. The Morgan fingerprint density at radius 1 is 0.958 bits per heavy atom. The van der Waals surface area contributed by atoms with Crippen molar-refractivity contribution in [3.05, 3.63) is 0 Å². The van der Waals surface area contributed by atoms with Gasteiger partial charge in [0.2, 0.25) is 5.91 Å². The summed E-state index contributed by atoms with van der Waals surface area (Å²) in [4.78, 5) is 28.5. The third kappa shape index (κ3) is 4.85. The largest absolute Gasteiger partial charge is 0.339 e. The summed E-state index contributed by atoms with van der Waals surface area (Å²) in [5.74, 6) is 0.922. The Bertz CT molecular complexity index is 423. The summed E-state index contributed by atoms with van der Waals surface area (Å²) in [6.07, 6.45) is 8.81. The van der Waals surface area contributed by atoms with E-state index in [2.05, 4.69) is 10.6 Å². The highest BCUT2D eigenvalue weighted by atomic mass is 16.2. The molecular formula is C18H32N4O2. The molecule has 1 saturated carbocycles. The van der Waals surface area contributed by atoms with Gasteiger partial charge in [-0.2, -0.15) is 0 Å². The van der Waals surface area contributed by atoms with Gasteiger partial charge in [-0.15, -0.1) is 0 Å². The van der Waals surface area contributed by atoms with Gasteiger partial charge in [0.05, 0.1) is 0 Å². The number of carbonyl (C=O) groups excluding carboxylic acids is 2. The lowest BCUT2D eigenvalue weighted by atomic mass is 9.96. The molecule has 3 aliphatic rings. The summed E-state index contributed by atoms with van der Waals surface area (Å²) in [7, 11) is 0. The quantitative estimate of drug-likeness (QED) is 0.819. The first-order valence-electron chi connectivity index (χ1n) is 9.76. The standard InChI is InChI=1S/C18H32N4O2/c23-17(7-6-15-8-9-19-14-15)21-10-12-22(13-11-21)18(24)20-16-4-2-1-3-5-16/h15-16,19H,1-14H2,(H,20,24). The van der Waals surface area contributed by atoms with Crippen LogP contribution in [0.15, 0.2) is 0 Å². The van der Waals surface area contributed by atoms with Crippen LogP contribution in [-0.2, 0) is 4.79 Å². The molecule has 6 heteroatoms. The smallest absolute Gasteiger partial charge is 0.317 e. The van der Waals surface area contributed by atoms with E-state index in [-0.39, 0.29) is 11.9 Å². The third-order valence-corrected chi connectivity index (χ3v) is 5.78. The number of rotatable bonds is 4. The average Bonchev–Trinajstić information content (AvgIpc) is 3.14. The molecule has 1 aliphatic carbocycles. The van der Waals surface area contributed by atoms with Crippen LogP contribution in [0.5, 0.6) is 0 Å². The van der Waals surface area contributed by atoms with E-state index in [1.54, 1.807) is 0 Å². The highest BCUT2D eigenvalue weighted by molar-refractivity contribution is 5.77. The van der Waals surface area contributed by atoms with Gasteiger partial charge in [-0.1, -0.05) is 19.3 Å². The number of nitrogens with zero attached hydrogens (tertiary/aromatic N) is 2. The topological polar surface area (TPSA) is 64.7 Å². The fraction of sp³-hybridized carbons (Fsp3) is 0.889. The second-order valence-corrected chi connectivity index (χ2v) is 7.55. The molecule has 2 saturated heterocycles. The van der Waals surface area contributed by atoms with Crippen molar-refractivity contribution in [3.8, 4) is 0 Å². The second-order valence-electron chi connectivity index (χ2n) is 7.55. The van der Waals surface area contributed by atoms with Crippen LogP contribution >= 0.6 is 0 Å². The Balaban J connectivity index is 1.35. The molecule has 0 radical (unpaired) electrons. The van der Waals surface area contributed by atoms with Gasteiger partial charge in [-0.25, -0.2) is 4.79 Å². The number of carbonyl (C=O) groups is 2. The van der Waals surface area contributed by atoms with Crippen molar-refractivity contribution >= 4 is 11.9 Å². The lowest BCUT2D eigenvalue weighted by molar-refractivity contribution is -0.132. The molecule has 1 atom stereocenters. The van der Waals surface area contributed by atoms with E-state index in [1.807, 2.05) is 9.80 Å². The van der Waals surface area contributed by atoms with Gasteiger partial charge in [-0.3, -0.25) is 4.79 Å². The van der Waals surface area contributed by atoms with Crippen LogP contribution in [0.25, 0.3) is 0 Å². The maximum absolute atomic E-state index is 12.3. The third-order valence-electron chi connectivity index (χ3n) is 5.78. The first-order valence-corrected chi connectivity index (χ1v) is 9.76. The summed E-state index contributed by atoms with van der Waals surface area (Å²) < 4.78 is 0. The Hall–Kier alpha value is -1.30. The lowest BCUT2D eigenvalue weighted by Crippen LogP contribution is -2.54. The van der Waals surface area contributed by atoms with E-state index in [0.717, 1.165) is 32.4 Å². The van der Waals surface area contributed by atoms with Gasteiger partial charge in [0, 0.05) is 38.6 Å². The van der Waals surface area contributed by atoms with Gasteiger partial charge in [0.1, 0.15) is 0 Å². The molecule has 3 rings (SSSR count). The zero-order chi connectivity index (χ0) is 16.8. The van der Waals surface area contributed by atoms with E-state index >= 15 is 0 Å². The molecule has 0 aromatic carbocycles. The summed E-state index contributed by atoms with van der Waals surface area (Å²) in [5.41, 5.74) is 0. The van der Waals surface area contributed by atoms with Gasteiger partial charge >= 0.3 is 6.03 Å². The van der Waals surface area contributed by atoms with Crippen molar-refractivity contribution in [1.29, 1.82) is 0 Å². The minimum Gasteiger partial charge on any atom is -0.339 e. The van der Waals surface area contributed by atoms with Crippen molar-refractivity contribution in [3.63, 3.8) is 0 Å². The summed E-state index contributed by atoms with van der Waals surface area (Å²) in [6, 6.07) is 0.414. The van der Waals surface area contributed by atoms with E-state index < -0.39 is 0 Å². The number of amides is 3. The molecule has 3 fully saturated rings. The molecule has 2 aliphatic heterocycles. The van der Waals surface area contributed by atoms with Crippen molar-refractivity contribution in [2.24, 2.45) is 5.92 Å². The van der Waals surface area contributed by atoms with Crippen LogP contribution in [0.2, 0.25) is 0 Å². The van der Waals surface area contributed by atoms with Crippen molar-refractivity contribution < 1.29 is 9.59 Å². The number of nitrogens with one attached hydrogen (secondary N) is 2. The predicted octanol–water partition coefficient (Wildman–Crippen LogP) is 1.56. The van der Waals surface area contributed by atoms with Crippen LogP contribution in [-0.4, -0.2) is 67.0 Å². The van der Waals surface area contributed by atoms with Gasteiger partial charge in [-0.05, 0) is 44.7 Å². The SMILES string of the molecule is O=C(CCC1CCNC1)N1CCN(C(=O)NC2CCCCC2)CC1. The van der Waals surface area contributed by atoms with Crippen LogP contribution in [0.1, 0.15) is 51.4 Å². The minimum atomic E-state index is 0.0611. The summed E-state index contributed by atoms with van der Waals surface area (Å²) in [6.45, 7) is 4.83. The van der Waals surface area contributed by atoms with Crippen LogP contribution in [0.4, 0.5) is 4.79 Å². The fourth-order valence-corrected chi connectivity index (χ4v) is 4.12. The zero-order valence-electron chi connectivity index (χ0n) is 14.8. The van der Waals surface area contributed by atoms with Crippen molar-refractivity contribution in [1.82, 2.24) is 20.4 Å². The van der Waals surface area contributed by atoms with Crippen molar-refractivity contribution in [2.45, 2.75) is 57.4 Å². The molecule has 3 amide bonds. The second kappa shape index (κ2) is 8.70. The molecule has 24 heavy (non-hydrogen) atoms. The number of piperazine rings is 1. The lowest BCUT2D eigenvalue weighted by Gasteiger charge is -2.36. The summed E-state index contributed by atoms with van der Waals surface area (Å²) >= 11 is 0. The van der Waals surface area contributed by atoms with E-state index in [9.17, 15) is 9.59 Å². The minimum absolute atomic E-state index is 0.0611. The number of urea groups is 1. The van der Waals surface area contributed by atoms with Gasteiger partial charge < -0.3 is 20.4 Å². The van der Waals surface area contributed by atoms with Crippen LogP contribution in [0, 0.1) is 5.92 Å². The molecule has 136 valence electrons. The average molecular weight is 336 g/mol. The Kier molecular flexibility index (Phi) is 6.35. The molecule has 0 aromatic rings. The molecular weight excluding hydrogens is 304 g/mol. The maximum Gasteiger partial charge on any atom is 0.317 e. The molecule has 2 heterocycles. The van der Waals surface area contributed by atoms with Crippen LogP contribution < -0.4 is 10.6 Å². The van der Waals surface area contributed by atoms with Crippen LogP contribution in [0.3, 0.4) is 0 Å². The molecule has 0 spiro atoms. The highest BCUT2D eigenvalue weighted by Crippen LogP contribution is 2.18. The van der Waals surface area contributed by atoms with Gasteiger partial charge in [0.15, 0.2) is 0 Å². The first-order chi connectivity index (χ1) is 11.7. The molecule has 2 N–H and O–H groups in total. The van der Waals surface area contributed by atoms with Gasteiger partial charge in [0.25, 0.3) is 0 Å². The number of hydrogen-bond acceptors (Lipinski definition) is 3. The van der Waals surface area contributed by atoms with E-state index in [0.29, 0.717) is 44.6 Å². The monoisotopic (exact) mass is 336 g/mol. The highest BCUT2D eigenvalue weighted by Gasteiger charge is 2.26.